The Morgan fingerprint density at radius 3 is 2.81 bits per heavy atom. The molecule has 2 amide bonds. The van der Waals surface area contributed by atoms with Gasteiger partial charge >= 0.3 is 0 Å². The Morgan fingerprint density at radius 2 is 2.12 bits per heavy atom. The third-order valence-corrected chi connectivity index (χ3v) is 4.38. The van der Waals surface area contributed by atoms with Gasteiger partial charge in [-0.15, -0.1) is 0 Å². The summed E-state index contributed by atoms with van der Waals surface area (Å²) in [5.41, 5.74) is 0.854. The molecular weight excluding hydrogens is 359 g/mol. The third kappa shape index (κ3) is 3.37. The van der Waals surface area contributed by atoms with Crippen molar-refractivity contribution in [2.45, 2.75) is 26.4 Å². The molecule has 26 heavy (non-hydrogen) atoms. The zero-order chi connectivity index (χ0) is 18.8. The minimum absolute atomic E-state index is 0.0325. The molecule has 2 aromatic carbocycles. The number of anilines is 2. The molecule has 0 bridgehead atoms. The number of halogens is 2. The van der Waals surface area contributed by atoms with Crippen molar-refractivity contribution in [2.24, 2.45) is 0 Å². The second-order valence-electron chi connectivity index (χ2n) is 5.98. The summed E-state index contributed by atoms with van der Waals surface area (Å²) in [4.78, 5) is 26.3. The molecule has 1 aliphatic rings. The molecule has 1 N–H and O–H groups in total. The van der Waals surface area contributed by atoms with E-state index in [1.165, 1.54) is 18.2 Å². The summed E-state index contributed by atoms with van der Waals surface area (Å²) in [6.45, 7) is 4.24. The summed E-state index contributed by atoms with van der Waals surface area (Å²) in [5, 5.41) is 2.65. The lowest BCUT2D eigenvalue weighted by molar-refractivity contribution is -0.125. The van der Waals surface area contributed by atoms with Gasteiger partial charge in [0.1, 0.15) is 11.6 Å². The van der Waals surface area contributed by atoms with Crippen LogP contribution in [0.3, 0.4) is 0 Å². The van der Waals surface area contributed by atoms with Crippen molar-refractivity contribution in [2.75, 3.05) is 16.8 Å². The normalized spacial score (nSPS) is 16.1. The number of nitrogens with one attached hydrogen (secondary N) is 1. The molecule has 0 radical (unpaired) electrons. The van der Waals surface area contributed by atoms with Crippen LogP contribution in [0.5, 0.6) is 5.75 Å². The van der Waals surface area contributed by atoms with E-state index in [-0.39, 0.29) is 16.5 Å². The lowest BCUT2D eigenvalue weighted by Crippen LogP contribution is -2.44. The van der Waals surface area contributed by atoms with Gasteiger partial charge < -0.3 is 15.0 Å². The predicted molar refractivity (Wildman–Crippen MR) is 98.5 cm³/mol. The summed E-state index contributed by atoms with van der Waals surface area (Å²) in [7, 11) is 0. The number of nitrogens with zero attached hydrogens (tertiary/aromatic N) is 1. The highest BCUT2D eigenvalue weighted by Crippen LogP contribution is 2.36. The quantitative estimate of drug-likeness (QED) is 0.867. The Kier molecular flexibility index (Phi) is 5.13. The van der Waals surface area contributed by atoms with E-state index in [0.717, 1.165) is 6.42 Å². The van der Waals surface area contributed by atoms with Gasteiger partial charge in [-0.1, -0.05) is 24.6 Å². The molecule has 0 saturated carbocycles. The Morgan fingerprint density at radius 1 is 1.35 bits per heavy atom. The number of rotatable bonds is 4. The monoisotopic (exact) mass is 376 g/mol. The van der Waals surface area contributed by atoms with Gasteiger partial charge in [0, 0.05) is 18.3 Å². The van der Waals surface area contributed by atoms with E-state index in [0.29, 0.717) is 23.7 Å². The van der Waals surface area contributed by atoms with Crippen LogP contribution in [-0.4, -0.2) is 24.5 Å². The average Bonchev–Trinajstić information content (AvgIpc) is 2.58. The van der Waals surface area contributed by atoms with E-state index >= 15 is 0 Å². The SMILES string of the molecule is CCCN1C(=O)C(C)Oc2cc(NC(=O)c3c(F)cccc3Cl)ccc21. The lowest BCUT2D eigenvalue weighted by Gasteiger charge is -2.33. The molecule has 0 saturated heterocycles. The molecule has 1 unspecified atom stereocenters. The highest BCUT2D eigenvalue weighted by Gasteiger charge is 2.31. The number of fused-ring (bicyclic) bond motifs is 1. The minimum Gasteiger partial charge on any atom is -0.479 e. The van der Waals surface area contributed by atoms with Gasteiger partial charge in [0.25, 0.3) is 11.8 Å². The van der Waals surface area contributed by atoms with Gasteiger partial charge in [0.2, 0.25) is 0 Å². The molecule has 7 heteroatoms. The Bertz CT molecular complexity index is 852. The summed E-state index contributed by atoms with van der Waals surface area (Å²) < 4.78 is 19.5. The van der Waals surface area contributed by atoms with E-state index < -0.39 is 17.8 Å². The van der Waals surface area contributed by atoms with Crippen molar-refractivity contribution in [3.63, 3.8) is 0 Å². The molecule has 0 aliphatic carbocycles. The van der Waals surface area contributed by atoms with E-state index in [9.17, 15) is 14.0 Å². The summed E-state index contributed by atoms with van der Waals surface area (Å²) in [6.07, 6.45) is 0.198. The van der Waals surface area contributed by atoms with E-state index in [4.69, 9.17) is 16.3 Å². The lowest BCUT2D eigenvalue weighted by atomic mass is 10.1. The first-order valence-corrected chi connectivity index (χ1v) is 8.67. The van der Waals surface area contributed by atoms with Crippen molar-refractivity contribution in [1.82, 2.24) is 0 Å². The largest absolute Gasteiger partial charge is 0.479 e. The second-order valence-corrected chi connectivity index (χ2v) is 6.39. The minimum atomic E-state index is -0.697. The zero-order valence-electron chi connectivity index (χ0n) is 14.4. The van der Waals surface area contributed by atoms with Gasteiger partial charge in [-0.25, -0.2) is 4.39 Å². The highest BCUT2D eigenvalue weighted by molar-refractivity contribution is 6.34. The van der Waals surface area contributed by atoms with Crippen LogP contribution >= 0.6 is 11.6 Å². The first-order chi connectivity index (χ1) is 12.4. The number of amides is 2. The molecule has 1 aliphatic heterocycles. The summed E-state index contributed by atoms with van der Waals surface area (Å²) >= 11 is 5.93. The Hall–Kier alpha value is -2.60. The maximum atomic E-state index is 13.9. The predicted octanol–water partition coefficient (Wildman–Crippen LogP) is 4.26. The van der Waals surface area contributed by atoms with Gasteiger partial charge in [0.05, 0.1) is 16.3 Å². The fourth-order valence-electron chi connectivity index (χ4n) is 2.85. The second kappa shape index (κ2) is 7.33. The van der Waals surface area contributed by atoms with Crippen molar-refractivity contribution in [3.8, 4) is 5.75 Å². The fourth-order valence-corrected chi connectivity index (χ4v) is 3.10. The number of carbonyl (C=O) groups excluding carboxylic acids is 2. The third-order valence-electron chi connectivity index (χ3n) is 4.06. The van der Waals surface area contributed by atoms with Crippen molar-refractivity contribution >= 4 is 34.8 Å². The van der Waals surface area contributed by atoms with Gasteiger partial charge in [-0.3, -0.25) is 9.59 Å². The van der Waals surface area contributed by atoms with E-state index in [1.807, 2.05) is 6.92 Å². The molecular formula is C19H18ClFN2O3. The Labute approximate surface area is 155 Å². The molecule has 0 fully saturated rings. The highest BCUT2D eigenvalue weighted by atomic mass is 35.5. The van der Waals surface area contributed by atoms with Crippen LogP contribution in [0.25, 0.3) is 0 Å². The molecule has 5 nitrogen and oxygen atoms in total. The zero-order valence-corrected chi connectivity index (χ0v) is 15.1. The van der Waals surface area contributed by atoms with Crippen LogP contribution in [0, 0.1) is 5.82 Å². The van der Waals surface area contributed by atoms with Gasteiger partial charge in [0.15, 0.2) is 6.10 Å². The van der Waals surface area contributed by atoms with Crippen LogP contribution in [0.2, 0.25) is 5.02 Å². The first kappa shape index (κ1) is 18.2. The van der Waals surface area contributed by atoms with E-state index in [2.05, 4.69) is 5.32 Å². The number of hydrogen-bond donors (Lipinski definition) is 1. The standard InChI is InChI=1S/C19H18ClFN2O3/c1-3-9-23-15-8-7-12(10-16(15)26-11(2)19(23)25)22-18(24)17-13(20)5-4-6-14(17)21/h4-8,10-11H,3,9H2,1-2H3,(H,22,24). The average molecular weight is 377 g/mol. The number of ether oxygens (including phenoxy) is 1. The van der Waals surface area contributed by atoms with Crippen molar-refractivity contribution in [1.29, 1.82) is 0 Å². The first-order valence-electron chi connectivity index (χ1n) is 8.29. The van der Waals surface area contributed by atoms with E-state index in [1.54, 1.807) is 30.0 Å². The molecule has 2 aromatic rings. The Balaban J connectivity index is 1.89. The van der Waals surface area contributed by atoms with Crippen LogP contribution in [0.15, 0.2) is 36.4 Å². The number of carbonyl (C=O) groups is 2. The smallest absolute Gasteiger partial charge is 0.267 e. The van der Waals surface area contributed by atoms with Gasteiger partial charge in [-0.05, 0) is 37.6 Å². The fraction of sp³-hybridized carbons (Fsp3) is 0.263. The maximum absolute atomic E-state index is 13.9. The molecule has 3 rings (SSSR count). The van der Waals surface area contributed by atoms with Crippen LogP contribution < -0.4 is 15.0 Å². The topological polar surface area (TPSA) is 58.6 Å². The van der Waals surface area contributed by atoms with Crippen molar-refractivity contribution < 1.29 is 18.7 Å². The molecule has 136 valence electrons. The number of hydrogen-bond acceptors (Lipinski definition) is 3. The van der Waals surface area contributed by atoms with Crippen molar-refractivity contribution in [3.05, 3.63) is 52.8 Å². The maximum Gasteiger partial charge on any atom is 0.267 e. The van der Waals surface area contributed by atoms with Crippen LogP contribution in [-0.2, 0) is 4.79 Å². The van der Waals surface area contributed by atoms with Gasteiger partial charge in [-0.2, -0.15) is 0 Å². The molecule has 0 spiro atoms. The molecule has 1 atom stereocenters. The summed E-state index contributed by atoms with van der Waals surface area (Å²) in [5.74, 6) is -0.965. The molecule has 0 aromatic heterocycles. The number of benzene rings is 2. The molecule has 1 heterocycles. The summed E-state index contributed by atoms with van der Waals surface area (Å²) in [6, 6.07) is 9.02. The van der Waals surface area contributed by atoms with Crippen LogP contribution in [0.1, 0.15) is 30.6 Å². The van der Waals surface area contributed by atoms with Crippen LogP contribution in [0.4, 0.5) is 15.8 Å².